The number of hydrogen-bond acceptors (Lipinski definition) is 8. The number of esters is 1. The van der Waals surface area contributed by atoms with Crippen molar-refractivity contribution in [3.8, 4) is 17.6 Å². The second kappa shape index (κ2) is 11.2. The molecule has 2 N–H and O–H groups in total. The van der Waals surface area contributed by atoms with Crippen LogP contribution in [-0.2, 0) is 22.7 Å². The lowest BCUT2D eigenvalue weighted by Gasteiger charge is -2.14. The van der Waals surface area contributed by atoms with Crippen LogP contribution in [0.3, 0.4) is 0 Å². The minimum absolute atomic E-state index is 0.0659. The first kappa shape index (κ1) is 26.5. The van der Waals surface area contributed by atoms with Crippen LogP contribution in [0.15, 0.2) is 47.1 Å². The summed E-state index contributed by atoms with van der Waals surface area (Å²) in [6.45, 7) is 3.42. The highest BCUT2D eigenvalue weighted by Crippen LogP contribution is 2.36. The molecular formula is C25H21BrClFN6O3. The van der Waals surface area contributed by atoms with E-state index in [0.29, 0.717) is 26.8 Å². The topological polar surface area (TPSA) is 129 Å². The van der Waals surface area contributed by atoms with Gasteiger partial charge in [-0.1, -0.05) is 31.5 Å². The van der Waals surface area contributed by atoms with Gasteiger partial charge in [-0.3, -0.25) is 4.79 Å². The Balaban J connectivity index is 1.63. The van der Waals surface area contributed by atoms with E-state index in [1.165, 1.54) is 29.1 Å². The highest BCUT2D eigenvalue weighted by molar-refractivity contribution is 9.10. The Morgan fingerprint density at radius 3 is 2.81 bits per heavy atom. The van der Waals surface area contributed by atoms with Crippen LogP contribution in [0.2, 0.25) is 5.02 Å². The number of aromatic nitrogens is 4. The maximum atomic E-state index is 15.6. The molecule has 1 unspecified atom stereocenters. The smallest absolute Gasteiger partial charge is 0.324 e. The molecule has 0 saturated heterocycles. The molecule has 12 heteroatoms. The summed E-state index contributed by atoms with van der Waals surface area (Å²) in [7, 11) is 0. The Hall–Kier alpha value is -3.59. The van der Waals surface area contributed by atoms with E-state index in [1.54, 1.807) is 18.2 Å². The van der Waals surface area contributed by atoms with Gasteiger partial charge in [-0.2, -0.15) is 15.5 Å². The Morgan fingerprint density at radius 2 is 2.08 bits per heavy atom. The lowest BCUT2D eigenvalue weighted by Crippen LogP contribution is -2.37. The molecule has 0 aliphatic heterocycles. The third-order valence-corrected chi connectivity index (χ3v) is 6.37. The van der Waals surface area contributed by atoms with E-state index in [-0.39, 0.29) is 41.2 Å². The van der Waals surface area contributed by atoms with Crippen LogP contribution in [0.25, 0.3) is 11.0 Å². The maximum Gasteiger partial charge on any atom is 0.324 e. The molecule has 0 aliphatic carbocycles. The largest absolute Gasteiger partial charge is 0.453 e. The molecule has 4 aromatic rings. The van der Waals surface area contributed by atoms with Crippen molar-refractivity contribution in [2.45, 2.75) is 33.0 Å². The monoisotopic (exact) mass is 586 g/mol. The van der Waals surface area contributed by atoms with Gasteiger partial charge in [0.2, 0.25) is 0 Å². The van der Waals surface area contributed by atoms with Crippen molar-refractivity contribution in [3.05, 3.63) is 74.7 Å². The summed E-state index contributed by atoms with van der Waals surface area (Å²) in [5.41, 5.74) is 7.30. The van der Waals surface area contributed by atoms with Crippen molar-refractivity contribution in [3.63, 3.8) is 0 Å². The summed E-state index contributed by atoms with van der Waals surface area (Å²) in [6, 6.07) is 10.6. The number of benzene rings is 2. The van der Waals surface area contributed by atoms with Crippen LogP contribution >= 0.6 is 27.5 Å². The van der Waals surface area contributed by atoms with Crippen LogP contribution in [0.5, 0.6) is 11.5 Å². The Bertz CT molecular complexity index is 1520. The summed E-state index contributed by atoms with van der Waals surface area (Å²) in [4.78, 5) is 12.2. The van der Waals surface area contributed by atoms with Crippen molar-refractivity contribution in [1.29, 1.82) is 5.26 Å². The Kier molecular flexibility index (Phi) is 8.02. The number of carbonyl (C=O) groups is 1. The van der Waals surface area contributed by atoms with Gasteiger partial charge in [0, 0.05) is 16.8 Å². The fourth-order valence-corrected chi connectivity index (χ4v) is 4.10. The van der Waals surface area contributed by atoms with Crippen LogP contribution in [0.1, 0.15) is 30.7 Å². The summed E-state index contributed by atoms with van der Waals surface area (Å²) >= 11 is 9.37. The molecule has 9 nitrogen and oxygen atoms in total. The fourth-order valence-electron chi connectivity index (χ4n) is 3.49. The van der Waals surface area contributed by atoms with Crippen molar-refractivity contribution in [2.24, 2.45) is 11.7 Å². The first-order valence-electron chi connectivity index (χ1n) is 11.1. The minimum atomic E-state index is -0.772. The molecule has 1 atom stereocenters. The number of nitriles is 1. The van der Waals surface area contributed by atoms with Crippen LogP contribution in [0.4, 0.5) is 4.39 Å². The Morgan fingerprint density at radius 1 is 1.30 bits per heavy atom. The van der Waals surface area contributed by atoms with Gasteiger partial charge in [-0.25, -0.2) is 9.07 Å². The lowest BCUT2D eigenvalue weighted by molar-refractivity contribution is -0.150. The molecule has 0 radical (unpaired) electrons. The highest BCUT2D eigenvalue weighted by Gasteiger charge is 2.22. The van der Waals surface area contributed by atoms with Crippen LogP contribution in [-0.4, -0.2) is 32.0 Å². The third-order valence-electron chi connectivity index (χ3n) is 5.52. The van der Waals surface area contributed by atoms with Crippen molar-refractivity contribution >= 4 is 44.5 Å². The molecule has 0 saturated carbocycles. The molecule has 37 heavy (non-hydrogen) atoms. The van der Waals surface area contributed by atoms with E-state index in [2.05, 4.69) is 31.2 Å². The van der Waals surface area contributed by atoms with Gasteiger partial charge in [-0.05, 0) is 57.7 Å². The molecule has 2 aromatic heterocycles. The molecular weight excluding hydrogens is 567 g/mol. The molecule has 0 aliphatic rings. The number of ether oxygens (including phenoxy) is 2. The highest BCUT2D eigenvalue weighted by atomic mass is 79.9. The summed E-state index contributed by atoms with van der Waals surface area (Å²) < 4.78 is 28.4. The van der Waals surface area contributed by atoms with Gasteiger partial charge in [0.15, 0.2) is 23.9 Å². The average molecular weight is 588 g/mol. The number of hydrogen-bond donors (Lipinski definition) is 1. The summed E-state index contributed by atoms with van der Waals surface area (Å²) in [6.07, 6.45) is 1.58. The second-order valence-electron chi connectivity index (χ2n) is 8.49. The predicted molar refractivity (Wildman–Crippen MR) is 137 cm³/mol. The van der Waals surface area contributed by atoms with E-state index >= 15 is 4.39 Å². The molecule has 0 bridgehead atoms. The van der Waals surface area contributed by atoms with Gasteiger partial charge in [0.05, 0.1) is 28.0 Å². The predicted octanol–water partition coefficient (Wildman–Crippen LogP) is 5.12. The molecule has 4 rings (SSSR count). The van der Waals surface area contributed by atoms with E-state index in [9.17, 15) is 10.1 Å². The van der Waals surface area contributed by atoms with Gasteiger partial charge >= 0.3 is 5.97 Å². The maximum absolute atomic E-state index is 15.6. The number of rotatable bonds is 8. The summed E-state index contributed by atoms with van der Waals surface area (Å²) in [5.74, 6) is -1.12. The number of nitrogens with two attached hydrogens (primary N) is 1. The van der Waals surface area contributed by atoms with E-state index in [0.717, 1.165) is 0 Å². The molecule has 0 fully saturated rings. The number of carbonyl (C=O) groups excluding carboxylic acids is 1. The molecule has 0 spiro atoms. The zero-order valence-electron chi connectivity index (χ0n) is 19.8. The van der Waals surface area contributed by atoms with Crippen molar-refractivity contribution < 1.29 is 18.7 Å². The SMILES string of the molecule is CC(C)C(N)C(=O)OCn1nc(Cc2ccc(Br)c(Oc3cc(Cl)cc(C#N)c3)c2F)c2ccnnc21. The first-order chi connectivity index (χ1) is 17.7. The standard InChI is InChI=1S/C25H21BrClFN6O3/c1-13(2)22(30)25(35)36-12-34-24-18(5-6-31-32-24)20(33-34)9-15-3-4-19(26)23(21(15)28)37-17-8-14(11-29)7-16(27)10-17/h3-8,10,13,22H,9,12,30H2,1-2H3. The van der Waals surface area contributed by atoms with E-state index in [1.807, 2.05) is 19.9 Å². The van der Waals surface area contributed by atoms with Crippen molar-refractivity contribution in [2.75, 3.05) is 0 Å². The molecule has 0 amide bonds. The van der Waals surface area contributed by atoms with Crippen LogP contribution in [0, 0.1) is 23.1 Å². The zero-order chi connectivity index (χ0) is 26.7. The first-order valence-corrected chi connectivity index (χ1v) is 12.3. The van der Waals surface area contributed by atoms with Gasteiger partial charge < -0.3 is 15.2 Å². The third kappa shape index (κ3) is 5.88. The average Bonchev–Trinajstić information content (AvgIpc) is 3.23. The number of nitrogens with zero attached hydrogens (tertiary/aromatic N) is 5. The van der Waals surface area contributed by atoms with Gasteiger partial charge in [-0.15, -0.1) is 5.10 Å². The second-order valence-corrected chi connectivity index (χ2v) is 9.78. The quantitative estimate of drug-likeness (QED) is 0.281. The molecule has 190 valence electrons. The minimum Gasteiger partial charge on any atom is -0.453 e. The fraction of sp³-hybridized carbons (Fsp3) is 0.240. The zero-order valence-corrected chi connectivity index (χ0v) is 22.1. The van der Waals surface area contributed by atoms with Gasteiger partial charge in [0.25, 0.3) is 0 Å². The Labute approximate surface area is 225 Å². The van der Waals surface area contributed by atoms with Crippen LogP contribution < -0.4 is 10.5 Å². The molecule has 2 heterocycles. The van der Waals surface area contributed by atoms with E-state index in [4.69, 9.17) is 26.8 Å². The lowest BCUT2D eigenvalue weighted by atomic mass is 10.1. The van der Waals surface area contributed by atoms with Crippen molar-refractivity contribution in [1.82, 2.24) is 20.0 Å². The summed E-state index contributed by atoms with van der Waals surface area (Å²) in [5, 5.41) is 22.6. The molecule has 2 aromatic carbocycles. The van der Waals surface area contributed by atoms with E-state index < -0.39 is 17.8 Å². The number of halogens is 3. The van der Waals surface area contributed by atoms with Gasteiger partial charge in [0.1, 0.15) is 11.8 Å². The number of fused-ring (bicyclic) bond motifs is 1. The normalized spacial score (nSPS) is 11.9.